The fraction of sp³-hybridized carbons (Fsp3) is 0.800. The molecular formula is C5H10N2O. The Morgan fingerprint density at radius 2 is 2.62 bits per heavy atom. The van der Waals surface area contributed by atoms with Crippen LogP contribution >= 0.6 is 0 Å². The van der Waals surface area contributed by atoms with Gasteiger partial charge in [0.05, 0.1) is 0 Å². The fourth-order valence-corrected chi connectivity index (χ4v) is 0.651. The number of aliphatic hydroxyl groups is 1. The second-order valence-electron chi connectivity index (χ2n) is 2.03. The maximum absolute atomic E-state index is 8.81. The zero-order chi connectivity index (χ0) is 5.98. The molecule has 0 spiro atoms. The molecule has 1 atom stereocenters. The molecule has 1 unspecified atom stereocenters. The van der Waals surface area contributed by atoms with Crippen LogP contribution in [0.5, 0.6) is 0 Å². The molecule has 1 heterocycles. The maximum Gasteiger partial charge on any atom is 0.140 e. The number of nitrogens with one attached hydrogen (secondary N) is 1. The first kappa shape index (κ1) is 5.56. The van der Waals surface area contributed by atoms with Gasteiger partial charge in [-0.3, -0.25) is 5.43 Å². The average Bonchev–Trinajstić information content (AvgIpc) is 1.77. The normalized spacial score (nSPS) is 28.8. The lowest BCUT2D eigenvalue weighted by Gasteiger charge is -2.15. The van der Waals surface area contributed by atoms with Gasteiger partial charge in [-0.2, -0.15) is 5.10 Å². The average molecular weight is 114 g/mol. The lowest BCUT2D eigenvalue weighted by atomic mass is 10.2. The van der Waals surface area contributed by atoms with Crippen LogP contribution in [-0.2, 0) is 0 Å². The molecule has 0 aromatic heterocycles. The van der Waals surface area contributed by atoms with Gasteiger partial charge in [-0.15, -0.1) is 0 Å². The summed E-state index contributed by atoms with van der Waals surface area (Å²) in [4.78, 5) is 0. The van der Waals surface area contributed by atoms with Gasteiger partial charge in [-0.25, -0.2) is 0 Å². The second kappa shape index (κ2) is 2.13. The van der Waals surface area contributed by atoms with Crippen LogP contribution in [0.15, 0.2) is 5.10 Å². The Bertz CT molecular complexity index is 111. The largest absolute Gasteiger partial charge is 0.372 e. The number of hydrogen-bond acceptors (Lipinski definition) is 3. The molecule has 0 saturated heterocycles. The summed E-state index contributed by atoms with van der Waals surface area (Å²) < 4.78 is 0. The van der Waals surface area contributed by atoms with E-state index in [1.54, 1.807) is 0 Å². The van der Waals surface area contributed by atoms with E-state index in [9.17, 15) is 0 Å². The Hall–Kier alpha value is -0.570. The quantitative estimate of drug-likeness (QED) is 0.468. The first-order chi connectivity index (χ1) is 3.79. The fourth-order valence-electron chi connectivity index (χ4n) is 0.651. The molecule has 0 fully saturated rings. The van der Waals surface area contributed by atoms with Crippen molar-refractivity contribution in [2.45, 2.75) is 26.0 Å². The van der Waals surface area contributed by atoms with Gasteiger partial charge in [0.2, 0.25) is 0 Å². The maximum atomic E-state index is 8.81. The highest BCUT2D eigenvalue weighted by Gasteiger charge is 2.06. The minimum Gasteiger partial charge on any atom is -0.372 e. The monoisotopic (exact) mass is 114 g/mol. The third-order valence-corrected chi connectivity index (χ3v) is 1.18. The summed E-state index contributed by atoms with van der Waals surface area (Å²) in [6, 6.07) is 0. The molecule has 0 aliphatic carbocycles. The molecule has 1 aliphatic heterocycles. The van der Waals surface area contributed by atoms with Crippen molar-refractivity contribution in [2.24, 2.45) is 5.10 Å². The molecule has 0 radical (unpaired) electrons. The molecule has 0 aromatic carbocycles. The molecule has 0 aromatic rings. The van der Waals surface area contributed by atoms with Crippen molar-refractivity contribution in [1.29, 1.82) is 0 Å². The molecule has 2 N–H and O–H groups in total. The third-order valence-electron chi connectivity index (χ3n) is 1.18. The van der Waals surface area contributed by atoms with E-state index >= 15 is 0 Å². The van der Waals surface area contributed by atoms with Gasteiger partial charge >= 0.3 is 0 Å². The summed E-state index contributed by atoms with van der Waals surface area (Å²) in [5, 5.41) is 12.6. The van der Waals surface area contributed by atoms with E-state index in [0.29, 0.717) is 0 Å². The summed E-state index contributed by atoms with van der Waals surface area (Å²) in [5.74, 6) is 0. The minimum absolute atomic E-state index is 0.418. The first-order valence-electron chi connectivity index (χ1n) is 2.76. The van der Waals surface area contributed by atoms with Gasteiger partial charge < -0.3 is 5.11 Å². The van der Waals surface area contributed by atoms with Gasteiger partial charge in [0, 0.05) is 5.71 Å². The van der Waals surface area contributed by atoms with E-state index in [0.717, 1.165) is 18.6 Å². The number of rotatable bonds is 0. The smallest absolute Gasteiger partial charge is 0.140 e. The van der Waals surface area contributed by atoms with Crippen LogP contribution in [0.2, 0.25) is 0 Å². The highest BCUT2D eigenvalue weighted by atomic mass is 16.3. The van der Waals surface area contributed by atoms with Gasteiger partial charge in [-0.1, -0.05) is 0 Å². The summed E-state index contributed by atoms with van der Waals surface area (Å²) in [6.07, 6.45) is 1.28. The molecular weight excluding hydrogens is 104 g/mol. The molecule has 46 valence electrons. The van der Waals surface area contributed by atoms with E-state index in [-0.39, 0.29) is 0 Å². The van der Waals surface area contributed by atoms with Crippen LogP contribution in [-0.4, -0.2) is 17.0 Å². The van der Waals surface area contributed by atoms with Crippen molar-refractivity contribution in [2.75, 3.05) is 0 Å². The van der Waals surface area contributed by atoms with Gasteiger partial charge in [-0.05, 0) is 19.8 Å². The zero-order valence-corrected chi connectivity index (χ0v) is 4.89. The Kier molecular flexibility index (Phi) is 1.48. The summed E-state index contributed by atoms with van der Waals surface area (Å²) in [7, 11) is 0. The van der Waals surface area contributed by atoms with Crippen LogP contribution in [0, 0.1) is 0 Å². The topological polar surface area (TPSA) is 44.6 Å². The van der Waals surface area contributed by atoms with Crippen LogP contribution in [0.1, 0.15) is 19.8 Å². The Morgan fingerprint density at radius 1 is 1.88 bits per heavy atom. The molecule has 3 heteroatoms. The molecule has 0 saturated carbocycles. The van der Waals surface area contributed by atoms with E-state index in [4.69, 9.17) is 5.11 Å². The van der Waals surface area contributed by atoms with Gasteiger partial charge in [0.15, 0.2) is 0 Å². The van der Waals surface area contributed by atoms with Crippen LogP contribution < -0.4 is 5.43 Å². The summed E-state index contributed by atoms with van der Waals surface area (Å²) in [5.41, 5.74) is 3.64. The van der Waals surface area contributed by atoms with Crippen molar-refractivity contribution in [3.63, 3.8) is 0 Å². The lowest BCUT2D eigenvalue weighted by Crippen LogP contribution is -2.29. The SMILES string of the molecule is CC1=NNC(O)CC1. The van der Waals surface area contributed by atoms with E-state index in [1.165, 1.54) is 0 Å². The van der Waals surface area contributed by atoms with Crippen LogP contribution in [0.4, 0.5) is 0 Å². The van der Waals surface area contributed by atoms with Crippen molar-refractivity contribution >= 4 is 5.71 Å². The Balaban J connectivity index is 2.42. The molecule has 1 aliphatic rings. The lowest BCUT2D eigenvalue weighted by molar-refractivity contribution is 0.126. The number of hydrogen-bond donors (Lipinski definition) is 2. The summed E-state index contributed by atoms with van der Waals surface area (Å²) >= 11 is 0. The third kappa shape index (κ3) is 1.20. The van der Waals surface area contributed by atoms with Crippen molar-refractivity contribution in [3.8, 4) is 0 Å². The predicted molar refractivity (Wildman–Crippen MR) is 31.5 cm³/mol. The number of aliphatic hydroxyl groups excluding tert-OH is 1. The minimum atomic E-state index is -0.418. The van der Waals surface area contributed by atoms with Gasteiger partial charge in [0.25, 0.3) is 0 Å². The molecule has 3 nitrogen and oxygen atoms in total. The van der Waals surface area contributed by atoms with Crippen LogP contribution in [0.3, 0.4) is 0 Å². The standard InChI is InChI=1S/C5H10N2O/c1-4-2-3-5(8)7-6-4/h5,7-8H,2-3H2,1H3. The Morgan fingerprint density at radius 3 is 3.00 bits per heavy atom. The molecule has 0 bridgehead atoms. The second-order valence-corrected chi connectivity index (χ2v) is 2.03. The zero-order valence-electron chi connectivity index (χ0n) is 4.89. The van der Waals surface area contributed by atoms with E-state index in [1.807, 2.05) is 6.92 Å². The number of hydrazone groups is 1. The van der Waals surface area contributed by atoms with Crippen LogP contribution in [0.25, 0.3) is 0 Å². The highest BCUT2D eigenvalue weighted by Crippen LogP contribution is 2.00. The molecule has 1 rings (SSSR count). The van der Waals surface area contributed by atoms with Crippen molar-refractivity contribution in [3.05, 3.63) is 0 Å². The predicted octanol–water partition coefficient (Wildman–Crippen LogP) is 0.0641. The summed E-state index contributed by atoms with van der Waals surface area (Å²) in [6.45, 7) is 1.94. The van der Waals surface area contributed by atoms with Crippen molar-refractivity contribution in [1.82, 2.24) is 5.43 Å². The van der Waals surface area contributed by atoms with E-state index in [2.05, 4.69) is 10.5 Å². The first-order valence-corrected chi connectivity index (χ1v) is 2.76. The molecule has 8 heavy (non-hydrogen) atoms. The van der Waals surface area contributed by atoms with E-state index < -0.39 is 6.23 Å². The number of nitrogens with zero attached hydrogens (tertiary/aromatic N) is 1. The Labute approximate surface area is 48.4 Å². The van der Waals surface area contributed by atoms with Gasteiger partial charge in [0.1, 0.15) is 6.23 Å². The highest BCUT2D eigenvalue weighted by molar-refractivity contribution is 5.82. The van der Waals surface area contributed by atoms with Crippen molar-refractivity contribution < 1.29 is 5.11 Å². The molecule has 0 amide bonds.